The zero-order valence-electron chi connectivity index (χ0n) is 16.0. The number of aromatic amines is 1. The average molecular weight is 400 g/mol. The molecule has 0 unspecified atom stereocenters. The normalized spacial score (nSPS) is 11.5. The molecule has 0 radical (unpaired) electrons. The van der Waals surface area contributed by atoms with Gasteiger partial charge in [-0.1, -0.05) is 0 Å². The van der Waals surface area contributed by atoms with Crippen molar-refractivity contribution in [1.29, 1.82) is 0 Å². The van der Waals surface area contributed by atoms with Crippen LogP contribution in [0.3, 0.4) is 0 Å². The fourth-order valence-electron chi connectivity index (χ4n) is 3.30. The molecule has 29 heavy (non-hydrogen) atoms. The molecule has 0 fully saturated rings. The molecule has 0 amide bonds. The van der Waals surface area contributed by atoms with Crippen LogP contribution in [0.25, 0.3) is 16.6 Å². The summed E-state index contributed by atoms with van der Waals surface area (Å²) in [6, 6.07) is 4.58. The van der Waals surface area contributed by atoms with E-state index in [-0.39, 0.29) is 17.5 Å². The number of aryl methyl sites for hydroxylation is 1. The number of rotatable bonds is 5. The molecule has 3 aromatic heterocycles. The number of methoxy groups -OCH3 is 2. The molecule has 1 aromatic carbocycles. The zero-order valence-corrected chi connectivity index (χ0v) is 16.0. The van der Waals surface area contributed by atoms with E-state index in [0.717, 1.165) is 0 Å². The minimum Gasteiger partial charge on any atom is -0.493 e. The number of hydrogen-bond donors (Lipinski definition) is 1. The van der Waals surface area contributed by atoms with Crippen molar-refractivity contribution in [2.45, 2.75) is 19.8 Å². The first-order valence-electron chi connectivity index (χ1n) is 8.80. The molecular weight excluding hydrogens is 382 g/mol. The molecule has 3 heterocycles. The standard InChI is InChI=1S/C20H18F2N4O3/c1-10-8-26-9-11(23-18(26)6-12(10)19(21)22)4-17-24-14-7-16(29-3)15(28-2)5-13(14)20(27)25-17/h5-9,19H,4H2,1-3H3,(H,24,25,27). The maximum Gasteiger partial charge on any atom is 0.264 e. The van der Waals surface area contributed by atoms with Crippen LogP contribution in [0.4, 0.5) is 8.78 Å². The zero-order chi connectivity index (χ0) is 20.7. The third-order valence-corrected chi connectivity index (χ3v) is 4.73. The fraction of sp³-hybridized carbons (Fsp3) is 0.250. The number of nitrogens with one attached hydrogen (secondary N) is 1. The van der Waals surface area contributed by atoms with E-state index < -0.39 is 6.43 Å². The number of benzene rings is 1. The Balaban J connectivity index is 1.74. The van der Waals surface area contributed by atoms with Gasteiger partial charge >= 0.3 is 0 Å². The molecule has 7 nitrogen and oxygen atoms in total. The first-order chi connectivity index (χ1) is 13.9. The van der Waals surface area contributed by atoms with Gasteiger partial charge in [0, 0.05) is 30.4 Å². The largest absolute Gasteiger partial charge is 0.493 e. The van der Waals surface area contributed by atoms with Crippen LogP contribution in [0.1, 0.15) is 29.1 Å². The van der Waals surface area contributed by atoms with Crippen molar-refractivity contribution in [2.24, 2.45) is 0 Å². The van der Waals surface area contributed by atoms with Gasteiger partial charge in [0.2, 0.25) is 0 Å². The van der Waals surface area contributed by atoms with Crippen LogP contribution in [0, 0.1) is 6.92 Å². The SMILES string of the molecule is COc1cc2nc(Cc3cn4cc(C)c(C(F)F)cc4n3)[nH]c(=O)c2cc1OC. The highest BCUT2D eigenvalue weighted by Gasteiger charge is 2.15. The van der Waals surface area contributed by atoms with Gasteiger partial charge in [0.05, 0.1) is 30.8 Å². The molecule has 0 aliphatic rings. The number of alkyl halides is 2. The number of aromatic nitrogens is 4. The van der Waals surface area contributed by atoms with Crippen LogP contribution in [0.15, 0.2) is 35.4 Å². The fourth-order valence-corrected chi connectivity index (χ4v) is 3.30. The van der Waals surface area contributed by atoms with Gasteiger partial charge in [-0.15, -0.1) is 0 Å². The van der Waals surface area contributed by atoms with E-state index >= 15 is 0 Å². The van der Waals surface area contributed by atoms with E-state index in [1.807, 2.05) is 0 Å². The van der Waals surface area contributed by atoms with E-state index in [1.165, 1.54) is 20.3 Å². The van der Waals surface area contributed by atoms with E-state index in [2.05, 4.69) is 15.0 Å². The monoisotopic (exact) mass is 400 g/mol. The van der Waals surface area contributed by atoms with Gasteiger partial charge in [-0.2, -0.15) is 0 Å². The van der Waals surface area contributed by atoms with Gasteiger partial charge in [0.1, 0.15) is 11.5 Å². The van der Waals surface area contributed by atoms with Crippen molar-refractivity contribution in [3.05, 3.63) is 63.6 Å². The van der Waals surface area contributed by atoms with Crippen LogP contribution >= 0.6 is 0 Å². The highest BCUT2D eigenvalue weighted by Crippen LogP contribution is 2.30. The van der Waals surface area contributed by atoms with E-state index in [4.69, 9.17) is 9.47 Å². The van der Waals surface area contributed by atoms with Gasteiger partial charge in [-0.3, -0.25) is 4.79 Å². The predicted molar refractivity (Wildman–Crippen MR) is 103 cm³/mol. The lowest BCUT2D eigenvalue weighted by Crippen LogP contribution is -2.12. The van der Waals surface area contributed by atoms with Gasteiger partial charge in [0.25, 0.3) is 12.0 Å². The Morgan fingerprint density at radius 2 is 1.83 bits per heavy atom. The lowest BCUT2D eigenvalue weighted by Gasteiger charge is -2.09. The Labute approximate surface area is 163 Å². The molecular formula is C20H18F2N4O3. The Kier molecular flexibility index (Phi) is 4.65. The number of hydrogen-bond acceptors (Lipinski definition) is 5. The Hall–Kier alpha value is -3.49. The van der Waals surface area contributed by atoms with Crippen molar-refractivity contribution < 1.29 is 18.3 Å². The molecule has 150 valence electrons. The van der Waals surface area contributed by atoms with Crippen LogP contribution in [0.5, 0.6) is 11.5 Å². The van der Waals surface area contributed by atoms with Crippen molar-refractivity contribution >= 4 is 16.6 Å². The highest BCUT2D eigenvalue weighted by molar-refractivity contribution is 5.81. The molecule has 1 N–H and O–H groups in total. The molecule has 0 saturated heterocycles. The summed E-state index contributed by atoms with van der Waals surface area (Å²) in [6.07, 6.45) is 1.02. The number of pyridine rings is 1. The second-order valence-electron chi connectivity index (χ2n) is 6.62. The maximum absolute atomic E-state index is 13.1. The lowest BCUT2D eigenvalue weighted by molar-refractivity contribution is 0.150. The summed E-state index contributed by atoms with van der Waals surface area (Å²) in [5, 5.41) is 0.374. The first kappa shape index (κ1) is 18.9. The smallest absolute Gasteiger partial charge is 0.264 e. The van der Waals surface area contributed by atoms with Crippen molar-refractivity contribution in [3.8, 4) is 11.5 Å². The third-order valence-electron chi connectivity index (χ3n) is 4.73. The summed E-state index contributed by atoms with van der Waals surface area (Å²) in [4.78, 5) is 24.1. The quantitative estimate of drug-likeness (QED) is 0.555. The number of halogens is 2. The number of fused-ring (bicyclic) bond motifs is 2. The molecule has 0 bridgehead atoms. The minimum atomic E-state index is -2.56. The first-order valence-corrected chi connectivity index (χ1v) is 8.80. The van der Waals surface area contributed by atoms with Crippen LogP contribution in [0.2, 0.25) is 0 Å². The Morgan fingerprint density at radius 1 is 1.10 bits per heavy atom. The summed E-state index contributed by atoms with van der Waals surface area (Å²) >= 11 is 0. The minimum absolute atomic E-state index is 0.0482. The Morgan fingerprint density at radius 3 is 2.52 bits per heavy atom. The number of nitrogens with zero attached hydrogens (tertiary/aromatic N) is 3. The van der Waals surface area contributed by atoms with Crippen molar-refractivity contribution in [3.63, 3.8) is 0 Å². The number of ether oxygens (including phenoxy) is 2. The molecule has 0 atom stereocenters. The summed E-state index contributed by atoms with van der Waals surface area (Å²) in [5.41, 5.74) is 1.59. The molecule has 0 aliphatic heterocycles. The van der Waals surface area contributed by atoms with Gasteiger partial charge in [0.15, 0.2) is 11.5 Å². The number of imidazole rings is 1. The van der Waals surface area contributed by atoms with Crippen molar-refractivity contribution in [1.82, 2.24) is 19.4 Å². The average Bonchev–Trinajstić information content (AvgIpc) is 3.07. The summed E-state index contributed by atoms with van der Waals surface area (Å²) in [7, 11) is 2.99. The Bertz CT molecular complexity index is 1280. The van der Waals surface area contributed by atoms with Gasteiger partial charge in [-0.05, 0) is 24.6 Å². The van der Waals surface area contributed by atoms with Crippen LogP contribution in [-0.4, -0.2) is 33.6 Å². The summed E-state index contributed by atoms with van der Waals surface area (Å²) < 4.78 is 38.4. The number of H-pyrrole nitrogens is 1. The molecule has 0 aliphatic carbocycles. The second-order valence-corrected chi connectivity index (χ2v) is 6.62. The van der Waals surface area contributed by atoms with E-state index in [1.54, 1.807) is 35.9 Å². The molecule has 4 rings (SSSR count). The predicted octanol–water partition coefficient (Wildman–Crippen LogP) is 3.42. The molecule has 0 saturated carbocycles. The molecule has 0 spiro atoms. The third kappa shape index (κ3) is 3.39. The van der Waals surface area contributed by atoms with E-state index in [0.29, 0.717) is 45.1 Å². The van der Waals surface area contributed by atoms with Crippen molar-refractivity contribution in [2.75, 3.05) is 14.2 Å². The van der Waals surface area contributed by atoms with Gasteiger partial charge in [-0.25, -0.2) is 18.7 Å². The second kappa shape index (κ2) is 7.16. The van der Waals surface area contributed by atoms with Gasteiger partial charge < -0.3 is 18.9 Å². The van der Waals surface area contributed by atoms with E-state index in [9.17, 15) is 13.6 Å². The maximum atomic E-state index is 13.1. The topological polar surface area (TPSA) is 81.5 Å². The van der Waals surface area contributed by atoms with Crippen LogP contribution < -0.4 is 15.0 Å². The lowest BCUT2D eigenvalue weighted by atomic mass is 10.1. The summed E-state index contributed by atoms with van der Waals surface area (Å²) in [5.74, 6) is 1.31. The molecule has 9 heteroatoms. The van der Waals surface area contributed by atoms with Crippen LogP contribution in [-0.2, 0) is 6.42 Å². The highest BCUT2D eigenvalue weighted by atomic mass is 19.3. The summed E-state index contributed by atoms with van der Waals surface area (Å²) in [6.45, 7) is 1.63. The molecule has 4 aromatic rings.